The predicted octanol–water partition coefficient (Wildman–Crippen LogP) is 5.01. The third-order valence-corrected chi connectivity index (χ3v) is 6.25. The highest BCUT2D eigenvalue weighted by molar-refractivity contribution is 8.00. The van der Waals surface area contributed by atoms with E-state index in [-0.39, 0.29) is 22.9 Å². The van der Waals surface area contributed by atoms with Crippen LogP contribution in [0.1, 0.15) is 5.82 Å². The van der Waals surface area contributed by atoms with Gasteiger partial charge in [-0.15, -0.1) is 11.3 Å². The second kappa shape index (κ2) is 8.70. The quantitative estimate of drug-likeness (QED) is 0.139. The van der Waals surface area contributed by atoms with Crippen LogP contribution in [0.2, 0.25) is 0 Å². The predicted molar refractivity (Wildman–Crippen MR) is 122 cm³/mol. The van der Waals surface area contributed by atoms with Gasteiger partial charge in [-0.05, 0) is 18.6 Å². The Balaban J connectivity index is 1.58. The first-order chi connectivity index (χ1) is 14.9. The molecule has 10 heteroatoms. The molecule has 156 valence electrons. The second-order valence-electron chi connectivity index (χ2n) is 6.57. The van der Waals surface area contributed by atoms with Crippen LogP contribution in [0.4, 0.5) is 11.4 Å². The number of thiophene rings is 1. The minimum Gasteiger partial charge on any atom is -0.506 e. The molecule has 0 saturated heterocycles. The van der Waals surface area contributed by atoms with Gasteiger partial charge in [0.2, 0.25) is 5.91 Å². The Kier molecular flexibility index (Phi) is 5.83. The number of nitrogens with one attached hydrogen (secondary N) is 1. The molecule has 2 heterocycles. The lowest BCUT2D eigenvalue weighted by atomic mass is 10.1. The summed E-state index contributed by atoms with van der Waals surface area (Å²) in [5.74, 6) is -0.0408. The van der Waals surface area contributed by atoms with E-state index < -0.39 is 10.8 Å². The maximum absolute atomic E-state index is 12.5. The summed E-state index contributed by atoms with van der Waals surface area (Å²) in [5, 5.41) is 27.0. The van der Waals surface area contributed by atoms with Gasteiger partial charge in [0.1, 0.15) is 21.4 Å². The van der Waals surface area contributed by atoms with Crippen LogP contribution in [0.15, 0.2) is 58.9 Å². The van der Waals surface area contributed by atoms with Crippen LogP contribution in [-0.4, -0.2) is 31.7 Å². The maximum Gasteiger partial charge on any atom is 0.271 e. The molecule has 2 N–H and O–H groups in total. The van der Waals surface area contributed by atoms with Crippen molar-refractivity contribution in [3.63, 3.8) is 0 Å². The zero-order valence-electron chi connectivity index (χ0n) is 16.2. The van der Waals surface area contributed by atoms with Crippen LogP contribution in [0.5, 0.6) is 5.75 Å². The van der Waals surface area contributed by atoms with Gasteiger partial charge < -0.3 is 10.4 Å². The first kappa shape index (κ1) is 20.8. The number of aromatic nitrogens is 2. The number of benzene rings is 2. The number of anilines is 1. The van der Waals surface area contributed by atoms with Crippen molar-refractivity contribution >= 4 is 50.6 Å². The first-order valence-corrected chi connectivity index (χ1v) is 11.0. The number of thioether (sulfide) groups is 1. The van der Waals surface area contributed by atoms with E-state index in [1.165, 1.54) is 35.2 Å². The fourth-order valence-corrected chi connectivity index (χ4v) is 4.95. The number of aryl methyl sites for hydroxylation is 1. The average Bonchev–Trinajstić information content (AvgIpc) is 3.18. The zero-order valence-corrected chi connectivity index (χ0v) is 17.9. The van der Waals surface area contributed by atoms with Gasteiger partial charge in [0.05, 0.1) is 21.7 Å². The molecule has 2 aromatic heterocycles. The van der Waals surface area contributed by atoms with Crippen molar-refractivity contribution in [3.05, 3.63) is 69.8 Å². The fraction of sp³-hybridized carbons (Fsp3) is 0.0952. The van der Waals surface area contributed by atoms with Gasteiger partial charge in [-0.3, -0.25) is 14.9 Å². The summed E-state index contributed by atoms with van der Waals surface area (Å²) >= 11 is 2.77. The van der Waals surface area contributed by atoms with E-state index in [9.17, 15) is 20.0 Å². The number of carbonyl (C=O) groups excluding carboxylic acids is 1. The van der Waals surface area contributed by atoms with Crippen LogP contribution in [0.3, 0.4) is 0 Å². The average molecular weight is 453 g/mol. The Morgan fingerprint density at radius 3 is 2.74 bits per heavy atom. The van der Waals surface area contributed by atoms with Crippen molar-refractivity contribution in [1.29, 1.82) is 0 Å². The number of hydrogen-bond acceptors (Lipinski definition) is 8. The monoisotopic (exact) mass is 452 g/mol. The Hall–Kier alpha value is -3.50. The summed E-state index contributed by atoms with van der Waals surface area (Å²) in [7, 11) is 0. The number of non-ortho nitro benzene ring substituents is 1. The number of rotatable bonds is 6. The number of phenolic OH excluding ortho intramolecular Hbond substituents is 1. The molecule has 0 bridgehead atoms. The molecule has 4 aromatic rings. The van der Waals surface area contributed by atoms with Crippen LogP contribution in [0, 0.1) is 17.0 Å². The van der Waals surface area contributed by atoms with Gasteiger partial charge >= 0.3 is 0 Å². The topological polar surface area (TPSA) is 118 Å². The molecule has 0 aliphatic heterocycles. The Morgan fingerprint density at radius 1 is 1.23 bits per heavy atom. The number of nitrogens with zero attached hydrogens (tertiary/aromatic N) is 3. The molecular weight excluding hydrogens is 436 g/mol. The van der Waals surface area contributed by atoms with Gasteiger partial charge in [-0.2, -0.15) is 0 Å². The third kappa shape index (κ3) is 4.49. The molecule has 0 unspecified atom stereocenters. The summed E-state index contributed by atoms with van der Waals surface area (Å²) in [4.78, 5) is 32.7. The molecule has 0 aliphatic carbocycles. The largest absolute Gasteiger partial charge is 0.506 e. The molecule has 0 saturated carbocycles. The molecule has 0 spiro atoms. The number of nitro groups is 1. The maximum atomic E-state index is 12.5. The van der Waals surface area contributed by atoms with Crippen molar-refractivity contribution in [2.75, 3.05) is 11.1 Å². The minimum absolute atomic E-state index is 0.00989. The van der Waals surface area contributed by atoms with E-state index in [1.807, 2.05) is 35.7 Å². The van der Waals surface area contributed by atoms with E-state index >= 15 is 0 Å². The lowest BCUT2D eigenvalue weighted by Crippen LogP contribution is -2.14. The van der Waals surface area contributed by atoms with Crippen LogP contribution in [0.25, 0.3) is 21.3 Å². The van der Waals surface area contributed by atoms with Crippen molar-refractivity contribution in [2.45, 2.75) is 11.9 Å². The van der Waals surface area contributed by atoms with Crippen molar-refractivity contribution in [2.24, 2.45) is 0 Å². The summed E-state index contributed by atoms with van der Waals surface area (Å²) < 4.78 is 0. The fourth-order valence-electron chi connectivity index (χ4n) is 3.00. The number of fused-ring (bicyclic) bond motifs is 1. The van der Waals surface area contributed by atoms with Crippen molar-refractivity contribution < 1.29 is 14.8 Å². The Labute approximate surface area is 185 Å². The van der Waals surface area contributed by atoms with Gasteiger partial charge in [-0.25, -0.2) is 9.97 Å². The molecular formula is C21H16N4O4S2. The highest BCUT2D eigenvalue weighted by atomic mass is 32.2. The van der Waals surface area contributed by atoms with Crippen molar-refractivity contribution in [3.8, 4) is 16.9 Å². The van der Waals surface area contributed by atoms with Crippen molar-refractivity contribution in [1.82, 2.24) is 9.97 Å². The standard InChI is InChI=1S/C21H16N4O4S2/c1-12-22-20-19(15(10-30-20)13-5-3-2-4-6-13)21(23-12)31-11-18(27)24-16-9-14(25(28)29)7-8-17(16)26/h2-10,26H,11H2,1H3,(H,24,27). The zero-order chi connectivity index (χ0) is 22.0. The summed E-state index contributed by atoms with van der Waals surface area (Å²) in [5.41, 5.74) is 1.80. The molecule has 4 rings (SSSR count). The number of carbonyl (C=O) groups is 1. The van der Waals surface area contributed by atoms with E-state index in [2.05, 4.69) is 15.3 Å². The molecule has 0 atom stereocenters. The van der Waals surface area contributed by atoms with Crippen LogP contribution >= 0.6 is 23.1 Å². The minimum atomic E-state index is -0.591. The smallest absolute Gasteiger partial charge is 0.271 e. The molecule has 0 radical (unpaired) electrons. The molecule has 8 nitrogen and oxygen atoms in total. The Morgan fingerprint density at radius 2 is 2.00 bits per heavy atom. The molecule has 0 aliphatic rings. The van der Waals surface area contributed by atoms with E-state index in [0.717, 1.165) is 27.4 Å². The third-order valence-electron chi connectivity index (χ3n) is 4.40. The lowest BCUT2D eigenvalue weighted by Gasteiger charge is -2.09. The number of hydrogen-bond donors (Lipinski definition) is 2. The summed E-state index contributed by atoms with van der Waals surface area (Å²) in [6, 6.07) is 13.3. The SMILES string of the molecule is Cc1nc(SCC(=O)Nc2cc([N+](=O)[O-])ccc2O)c2c(-c3ccccc3)csc2n1. The summed E-state index contributed by atoms with van der Waals surface area (Å²) in [6.07, 6.45) is 0. The Bertz CT molecular complexity index is 1290. The van der Waals surface area contributed by atoms with Crippen LogP contribution < -0.4 is 5.32 Å². The van der Waals surface area contributed by atoms with Gasteiger partial charge in [0.25, 0.3) is 5.69 Å². The van der Waals surface area contributed by atoms with Gasteiger partial charge in [0.15, 0.2) is 0 Å². The summed E-state index contributed by atoms with van der Waals surface area (Å²) in [6.45, 7) is 1.80. The number of phenols is 1. The van der Waals surface area contributed by atoms with Crippen LogP contribution in [-0.2, 0) is 4.79 Å². The van der Waals surface area contributed by atoms with E-state index in [4.69, 9.17) is 0 Å². The highest BCUT2D eigenvalue weighted by Crippen LogP contribution is 2.38. The second-order valence-corrected chi connectivity index (χ2v) is 8.39. The highest BCUT2D eigenvalue weighted by Gasteiger charge is 2.17. The lowest BCUT2D eigenvalue weighted by molar-refractivity contribution is -0.384. The molecule has 31 heavy (non-hydrogen) atoms. The molecule has 1 amide bonds. The number of amides is 1. The van der Waals surface area contributed by atoms with E-state index in [0.29, 0.717) is 10.9 Å². The number of aromatic hydroxyl groups is 1. The van der Waals surface area contributed by atoms with Gasteiger partial charge in [-0.1, -0.05) is 42.1 Å². The van der Waals surface area contributed by atoms with E-state index in [1.54, 1.807) is 6.92 Å². The normalized spacial score (nSPS) is 10.9. The molecule has 2 aromatic carbocycles. The molecule has 0 fully saturated rings. The number of nitro benzene ring substituents is 1. The van der Waals surface area contributed by atoms with Gasteiger partial charge in [0, 0.05) is 23.1 Å². The first-order valence-electron chi connectivity index (χ1n) is 9.13.